The van der Waals surface area contributed by atoms with E-state index in [1.165, 1.54) is 0 Å². The first-order valence-corrected chi connectivity index (χ1v) is 6.93. The highest BCUT2D eigenvalue weighted by atomic mass is 16.7. The predicted molar refractivity (Wildman–Crippen MR) is 76.8 cm³/mol. The smallest absolute Gasteiger partial charge is 0.239 e. The summed E-state index contributed by atoms with van der Waals surface area (Å²) in [6.45, 7) is 4.21. The lowest BCUT2D eigenvalue weighted by Crippen LogP contribution is -2.45. The van der Waals surface area contributed by atoms with Gasteiger partial charge in [0.2, 0.25) is 12.7 Å². The van der Waals surface area contributed by atoms with E-state index in [2.05, 4.69) is 0 Å². The number of amides is 1. The number of rotatable bonds is 5. The van der Waals surface area contributed by atoms with Crippen LogP contribution in [0.4, 0.5) is 0 Å². The van der Waals surface area contributed by atoms with E-state index in [0.717, 1.165) is 23.5 Å². The second kappa shape index (κ2) is 6.13. The van der Waals surface area contributed by atoms with Crippen LogP contribution in [0.25, 0.3) is 0 Å². The van der Waals surface area contributed by atoms with E-state index < -0.39 is 6.04 Å². The van der Waals surface area contributed by atoms with E-state index >= 15 is 0 Å². The van der Waals surface area contributed by atoms with Crippen LogP contribution in [0.3, 0.4) is 0 Å². The fourth-order valence-electron chi connectivity index (χ4n) is 2.20. The van der Waals surface area contributed by atoms with Crippen molar-refractivity contribution in [3.8, 4) is 11.5 Å². The van der Waals surface area contributed by atoms with Gasteiger partial charge in [-0.25, -0.2) is 0 Å². The molecule has 0 spiro atoms. The monoisotopic (exact) mass is 278 g/mol. The third kappa shape index (κ3) is 3.04. The molecule has 0 aliphatic carbocycles. The van der Waals surface area contributed by atoms with Crippen LogP contribution in [0, 0.1) is 0 Å². The van der Waals surface area contributed by atoms with Crippen molar-refractivity contribution in [2.75, 3.05) is 13.8 Å². The van der Waals surface area contributed by atoms with Gasteiger partial charge in [0, 0.05) is 13.1 Å². The van der Waals surface area contributed by atoms with Crippen LogP contribution >= 0.6 is 0 Å². The summed E-state index contributed by atoms with van der Waals surface area (Å²) in [6.07, 6.45) is 1.41. The van der Waals surface area contributed by atoms with Gasteiger partial charge < -0.3 is 20.1 Å². The largest absolute Gasteiger partial charge is 0.454 e. The number of carbonyl (C=O) groups excluding carboxylic acids is 1. The summed E-state index contributed by atoms with van der Waals surface area (Å²) >= 11 is 0. The molecule has 1 aliphatic heterocycles. The maximum Gasteiger partial charge on any atom is 0.239 e. The Morgan fingerprint density at radius 3 is 2.80 bits per heavy atom. The summed E-state index contributed by atoms with van der Waals surface area (Å²) in [4.78, 5) is 13.8. The fourth-order valence-corrected chi connectivity index (χ4v) is 2.20. The van der Waals surface area contributed by atoms with Crippen molar-refractivity contribution in [2.24, 2.45) is 5.73 Å². The Kier molecular flexibility index (Phi) is 4.49. The molecular weight excluding hydrogens is 256 g/mol. The topological polar surface area (TPSA) is 64.8 Å². The Bertz CT molecular complexity index is 490. The molecule has 0 saturated heterocycles. The van der Waals surface area contributed by atoms with Crippen LogP contribution in [-0.2, 0) is 11.2 Å². The van der Waals surface area contributed by atoms with Crippen molar-refractivity contribution in [1.29, 1.82) is 0 Å². The van der Waals surface area contributed by atoms with Gasteiger partial charge in [-0.1, -0.05) is 13.0 Å². The number of benzene rings is 1. The average molecular weight is 278 g/mol. The number of carbonyl (C=O) groups is 1. The van der Waals surface area contributed by atoms with Gasteiger partial charge >= 0.3 is 0 Å². The summed E-state index contributed by atoms with van der Waals surface area (Å²) in [7, 11) is 1.80. The highest BCUT2D eigenvalue weighted by Crippen LogP contribution is 2.32. The van der Waals surface area contributed by atoms with E-state index in [1.807, 2.05) is 32.0 Å². The van der Waals surface area contributed by atoms with E-state index in [4.69, 9.17) is 15.2 Å². The lowest BCUT2D eigenvalue weighted by atomic mass is 10.0. The molecule has 5 heteroatoms. The van der Waals surface area contributed by atoms with E-state index in [9.17, 15) is 4.79 Å². The molecule has 5 nitrogen and oxygen atoms in total. The molecule has 1 aliphatic rings. The molecule has 0 aromatic heterocycles. The van der Waals surface area contributed by atoms with Crippen LogP contribution in [0.15, 0.2) is 18.2 Å². The number of ether oxygens (including phenoxy) is 2. The van der Waals surface area contributed by atoms with Crippen LogP contribution < -0.4 is 15.2 Å². The van der Waals surface area contributed by atoms with Crippen molar-refractivity contribution >= 4 is 5.91 Å². The third-order valence-corrected chi connectivity index (χ3v) is 3.73. The number of likely N-dealkylation sites (N-methyl/N-ethyl adjacent to an activating group) is 1. The van der Waals surface area contributed by atoms with Gasteiger partial charge in [-0.15, -0.1) is 0 Å². The second-order valence-corrected chi connectivity index (χ2v) is 5.20. The lowest BCUT2D eigenvalue weighted by molar-refractivity contribution is -0.133. The highest BCUT2D eigenvalue weighted by Gasteiger charge is 2.21. The maximum atomic E-state index is 12.0. The molecule has 2 rings (SSSR count). The minimum Gasteiger partial charge on any atom is -0.454 e. The molecule has 0 radical (unpaired) electrons. The van der Waals surface area contributed by atoms with Crippen molar-refractivity contribution in [2.45, 2.75) is 38.8 Å². The van der Waals surface area contributed by atoms with Gasteiger partial charge in [0.05, 0.1) is 6.04 Å². The summed E-state index contributed by atoms with van der Waals surface area (Å²) in [5, 5.41) is 0. The number of hydrogen-bond donors (Lipinski definition) is 1. The molecule has 110 valence electrons. The molecule has 1 heterocycles. The van der Waals surface area contributed by atoms with E-state index in [0.29, 0.717) is 6.42 Å². The molecule has 1 aromatic rings. The van der Waals surface area contributed by atoms with Crippen LogP contribution in [-0.4, -0.2) is 36.7 Å². The van der Waals surface area contributed by atoms with Crippen LogP contribution in [0.5, 0.6) is 11.5 Å². The Balaban J connectivity index is 2.00. The maximum absolute atomic E-state index is 12.0. The number of hydrogen-bond acceptors (Lipinski definition) is 4. The minimum atomic E-state index is -0.417. The first-order chi connectivity index (χ1) is 9.52. The zero-order valence-electron chi connectivity index (χ0n) is 12.3. The van der Waals surface area contributed by atoms with Gasteiger partial charge in [0.1, 0.15) is 0 Å². The Morgan fingerprint density at radius 2 is 2.10 bits per heavy atom. The van der Waals surface area contributed by atoms with Gasteiger partial charge in [-0.3, -0.25) is 4.79 Å². The number of nitrogens with two attached hydrogens (primary N) is 1. The van der Waals surface area contributed by atoms with Gasteiger partial charge in [-0.2, -0.15) is 0 Å². The summed E-state index contributed by atoms with van der Waals surface area (Å²) in [5.41, 5.74) is 6.91. The first-order valence-electron chi connectivity index (χ1n) is 6.93. The summed E-state index contributed by atoms with van der Waals surface area (Å²) in [6, 6.07) is 5.54. The molecule has 1 amide bonds. The summed E-state index contributed by atoms with van der Waals surface area (Å²) in [5.74, 6) is 1.54. The molecule has 20 heavy (non-hydrogen) atoms. The molecular formula is C15H22N2O3. The number of fused-ring (bicyclic) bond motifs is 1. The summed E-state index contributed by atoms with van der Waals surface area (Å²) < 4.78 is 10.6. The SMILES string of the molecule is CC[C@H](N)C(=O)N(C)C(C)Cc1ccc2c(c1)OCO2. The van der Waals surface area contributed by atoms with Gasteiger partial charge in [0.25, 0.3) is 0 Å². The number of nitrogens with zero attached hydrogens (tertiary/aromatic N) is 1. The zero-order valence-corrected chi connectivity index (χ0v) is 12.3. The normalized spacial score (nSPS) is 15.8. The quantitative estimate of drug-likeness (QED) is 0.887. The molecule has 1 unspecified atom stereocenters. The fraction of sp³-hybridized carbons (Fsp3) is 0.533. The standard InChI is InChI=1S/C15H22N2O3/c1-4-12(16)15(18)17(3)10(2)7-11-5-6-13-14(8-11)20-9-19-13/h5-6,8,10,12H,4,7,9,16H2,1-3H3/t10?,12-/m0/s1. The van der Waals surface area contributed by atoms with E-state index in [-0.39, 0.29) is 18.7 Å². The van der Waals surface area contributed by atoms with Gasteiger partial charge in [0.15, 0.2) is 11.5 Å². The van der Waals surface area contributed by atoms with Crippen molar-refractivity contribution in [1.82, 2.24) is 4.90 Å². The predicted octanol–water partition coefficient (Wildman–Crippen LogP) is 1.54. The lowest BCUT2D eigenvalue weighted by Gasteiger charge is -2.27. The third-order valence-electron chi connectivity index (χ3n) is 3.73. The van der Waals surface area contributed by atoms with Crippen LogP contribution in [0.1, 0.15) is 25.8 Å². The second-order valence-electron chi connectivity index (χ2n) is 5.20. The highest BCUT2D eigenvalue weighted by molar-refractivity contribution is 5.81. The molecule has 2 N–H and O–H groups in total. The molecule has 0 fully saturated rings. The Labute approximate surface area is 119 Å². The molecule has 0 bridgehead atoms. The molecule has 2 atom stereocenters. The Morgan fingerprint density at radius 1 is 1.40 bits per heavy atom. The minimum absolute atomic E-state index is 0.0132. The zero-order chi connectivity index (χ0) is 14.7. The van der Waals surface area contributed by atoms with E-state index in [1.54, 1.807) is 11.9 Å². The molecule has 0 saturated carbocycles. The average Bonchev–Trinajstić information content (AvgIpc) is 2.92. The van der Waals surface area contributed by atoms with Crippen molar-refractivity contribution < 1.29 is 14.3 Å². The molecule has 1 aromatic carbocycles. The van der Waals surface area contributed by atoms with Crippen LogP contribution in [0.2, 0.25) is 0 Å². The van der Waals surface area contributed by atoms with Crippen molar-refractivity contribution in [3.05, 3.63) is 23.8 Å². The van der Waals surface area contributed by atoms with Crippen molar-refractivity contribution in [3.63, 3.8) is 0 Å². The van der Waals surface area contributed by atoms with Gasteiger partial charge in [-0.05, 0) is 37.5 Å². The first kappa shape index (κ1) is 14.7. The Hall–Kier alpha value is -1.75.